The molecule has 1 aliphatic carbocycles. The van der Waals surface area contributed by atoms with E-state index in [9.17, 15) is 27.6 Å². The molecule has 3 aromatic rings. The maximum atomic E-state index is 13.1. The van der Waals surface area contributed by atoms with Gasteiger partial charge in [0, 0.05) is 23.4 Å². The van der Waals surface area contributed by atoms with Gasteiger partial charge in [-0.2, -0.15) is 18.3 Å². The lowest BCUT2D eigenvalue weighted by molar-refractivity contribution is -0.137. The largest absolute Gasteiger partial charge is 0.442 e. The fourth-order valence-electron chi connectivity index (χ4n) is 3.33. The van der Waals surface area contributed by atoms with Crippen molar-refractivity contribution in [1.82, 2.24) is 15.1 Å². The minimum Gasteiger partial charge on any atom is -0.442 e. The van der Waals surface area contributed by atoms with Crippen molar-refractivity contribution in [3.8, 4) is 5.69 Å². The summed E-state index contributed by atoms with van der Waals surface area (Å²) in [7, 11) is 0. The Labute approximate surface area is 192 Å². The van der Waals surface area contributed by atoms with E-state index in [0.717, 1.165) is 35.7 Å². The monoisotopic (exact) mass is 471 g/mol. The van der Waals surface area contributed by atoms with Gasteiger partial charge in [-0.25, -0.2) is 9.48 Å². The lowest BCUT2D eigenvalue weighted by atomic mass is 10.1. The molecule has 1 unspecified atom stereocenters. The van der Waals surface area contributed by atoms with Crippen LogP contribution < -0.4 is 10.7 Å². The lowest BCUT2D eigenvalue weighted by Crippen LogP contribution is -2.35. The molecule has 0 bridgehead atoms. The van der Waals surface area contributed by atoms with Crippen molar-refractivity contribution >= 4 is 11.9 Å². The zero-order valence-electron chi connectivity index (χ0n) is 18.0. The predicted octanol–water partition coefficient (Wildman–Crippen LogP) is 3.74. The van der Waals surface area contributed by atoms with Gasteiger partial charge in [0.15, 0.2) is 0 Å². The number of nitrogens with one attached hydrogen (secondary N) is 1. The normalized spacial score (nSPS) is 14.4. The molecule has 1 aromatic heterocycles. The molecule has 1 saturated carbocycles. The van der Waals surface area contributed by atoms with Crippen molar-refractivity contribution in [2.24, 2.45) is 0 Å². The van der Waals surface area contributed by atoms with Gasteiger partial charge < -0.3 is 10.1 Å². The summed E-state index contributed by atoms with van der Waals surface area (Å²) in [6.45, 7) is 1.47. The van der Waals surface area contributed by atoms with Crippen LogP contribution in [0.4, 0.5) is 13.2 Å². The van der Waals surface area contributed by atoms with Crippen LogP contribution in [0.5, 0.6) is 0 Å². The zero-order valence-corrected chi connectivity index (χ0v) is 18.0. The first kappa shape index (κ1) is 23.2. The van der Waals surface area contributed by atoms with E-state index in [-0.39, 0.29) is 17.4 Å². The molecule has 176 valence electrons. The van der Waals surface area contributed by atoms with Crippen molar-refractivity contribution in [2.75, 3.05) is 0 Å². The minimum absolute atomic E-state index is 0.00691. The average molecular weight is 471 g/mol. The summed E-state index contributed by atoms with van der Waals surface area (Å²) >= 11 is 0. The van der Waals surface area contributed by atoms with Crippen LogP contribution in [0.1, 0.15) is 46.3 Å². The Morgan fingerprint density at radius 1 is 1.09 bits per heavy atom. The molecule has 1 amide bonds. The Balaban J connectivity index is 1.67. The van der Waals surface area contributed by atoms with Gasteiger partial charge in [0.25, 0.3) is 5.91 Å². The Morgan fingerprint density at radius 2 is 1.79 bits per heavy atom. The molecule has 1 atom stereocenters. The van der Waals surface area contributed by atoms with E-state index in [1.807, 2.05) is 0 Å². The van der Waals surface area contributed by atoms with Crippen molar-refractivity contribution in [3.63, 3.8) is 0 Å². The number of ether oxygens (including phenoxy) is 1. The molecular weight excluding hydrogens is 451 g/mol. The van der Waals surface area contributed by atoms with Crippen LogP contribution >= 0.6 is 0 Å². The fourth-order valence-corrected chi connectivity index (χ4v) is 3.33. The SMILES string of the molecule is Cc1cc(=O)c(C(=O)OC(C(=O)NC2CC2)c2ccccc2)nn1-c1cccc(C(F)(F)F)c1. The predicted molar refractivity (Wildman–Crippen MR) is 115 cm³/mol. The molecule has 0 saturated heterocycles. The van der Waals surface area contributed by atoms with Crippen LogP contribution in [0.15, 0.2) is 65.5 Å². The van der Waals surface area contributed by atoms with Gasteiger partial charge >= 0.3 is 12.1 Å². The summed E-state index contributed by atoms with van der Waals surface area (Å²) in [4.78, 5) is 38.1. The number of nitrogens with zero attached hydrogens (tertiary/aromatic N) is 2. The highest BCUT2D eigenvalue weighted by molar-refractivity contribution is 5.91. The lowest BCUT2D eigenvalue weighted by Gasteiger charge is -2.18. The summed E-state index contributed by atoms with van der Waals surface area (Å²) in [5, 5.41) is 6.74. The number of alkyl halides is 3. The topological polar surface area (TPSA) is 90.3 Å². The van der Waals surface area contributed by atoms with Crippen molar-refractivity contribution < 1.29 is 27.5 Å². The second-order valence-electron chi connectivity index (χ2n) is 7.94. The highest BCUT2D eigenvalue weighted by Crippen LogP contribution is 2.30. The third kappa shape index (κ3) is 5.16. The van der Waals surface area contributed by atoms with Gasteiger partial charge in [-0.1, -0.05) is 36.4 Å². The Hall–Kier alpha value is -3.95. The van der Waals surface area contributed by atoms with Gasteiger partial charge in [0.1, 0.15) is 0 Å². The van der Waals surface area contributed by atoms with Gasteiger partial charge in [-0.15, -0.1) is 0 Å². The molecule has 0 spiro atoms. The Morgan fingerprint density at radius 3 is 2.44 bits per heavy atom. The second-order valence-corrected chi connectivity index (χ2v) is 7.94. The Kier molecular flexibility index (Phi) is 6.23. The molecular formula is C24H20F3N3O4. The third-order valence-corrected chi connectivity index (χ3v) is 5.21. The summed E-state index contributed by atoms with van der Waals surface area (Å²) in [5.41, 5.74) is -1.71. The van der Waals surface area contributed by atoms with E-state index in [2.05, 4.69) is 10.4 Å². The first-order valence-electron chi connectivity index (χ1n) is 10.5. The van der Waals surface area contributed by atoms with Crippen LogP contribution in [-0.2, 0) is 15.7 Å². The van der Waals surface area contributed by atoms with Crippen molar-refractivity contribution in [2.45, 2.75) is 38.1 Å². The summed E-state index contributed by atoms with van der Waals surface area (Å²) in [6, 6.07) is 13.7. The number of halogens is 3. The van der Waals surface area contributed by atoms with Gasteiger partial charge in [-0.3, -0.25) is 9.59 Å². The van der Waals surface area contributed by atoms with Crippen molar-refractivity contribution in [3.05, 3.63) is 93.4 Å². The number of esters is 1. The van der Waals surface area contributed by atoms with Crippen molar-refractivity contribution in [1.29, 1.82) is 0 Å². The van der Waals surface area contributed by atoms with E-state index in [4.69, 9.17) is 4.74 Å². The highest BCUT2D eigenvalue weighted by atomic mass is 19.4. The van der Waals surface area contributed by atoms with Gasteiger partial charge in [0.2, 0.25) is 17.2 Å². The quantitative estimate of drug-likeness (QED) is 0.554. The van der Waals surface area contributed by atoms with Crippen LogP contribution in [-0.4, -0.2) is 27.7 Å². The summed E-state index contributed by atoms with van der Waals surface area (Å²) in [5.74, 6) is -1.70. The van der Waals surface area contributed by atoms with E-state index in [0.29, 0.717) is 5.56 Å². The number of amides is 1. The van der Waals surface area contributed by atoms with E-state index in [1.165, 1.54) is 19.1 Å². The maximum Gasteiger partial charge on any atom is 0.416 e. The van der Waals surface area contributed by atoms with Crippen LogP contribution in [0.25, 0.3) is 5.69 Å². The first-order valence-corrected chi connectivity index (χ1v) is 10.5. The van der Waals surface area contributed by atoms with Gasteiger partial charge in [-0.05, 0) is 38.0 Å². The first-order chi connectivity index (χ1) is 16.1. The van der Waals surface area contributed by atoms with Crippen LogP contribution in [0, 0.1) is 6.92 Å². The highest BCUT2D eigenvalue weighted by Gasteiger charge is 2.33. The number of hydrogen-bond acceptors (Lipinski definition) is 5. The zero-order chi connectivity index (χ0) is 24.5. The molecule has 4 rings (SSSR count). The molecule has 0 aliphatic heterocycles. The number of hydrogen-bond donors (Lipinski definition) is 1. The molecule has 1 fully saturated rings. The number of aryl methyl sites for hydroxylation is 1. The molecule has 10 heteroatoms. The fraction of sp³-hybridized carbons (Fsp3) is 0.250. The number of rotatable bonds is 6. The maximum absolute atomic E-state index is 13.1. The minimum atomic E-state index is -4.58. The molecule has 1 N–H and O–H groups in total. The van der Waals surface area contributed by atoms with E-state index in [1.54, 1.807) is 30.3 Å². The van der Waals surface area contributed by atoms with Gasteiger partial charge in [0.05, 0.1) is 11.3 Å². The molecule has 7 nitrogen and oxygen atoms in total. The van der Waals surface area contributed by atoms with Crippen LogP contribution in [0.3, 0.4) is 0 Å². The molecule has 1 aliphatic rings. The summed E-state index contributed by atoms with van der Waals surface area (Å²) < 4.78 is 45.9. The molecule has 2 aromatic carbocycles. The molecule has 1 heterocycles. The number of aromatic nitrogens is 2. The standard InChI is InChI=1S/C24H20F3N3O4/c1-14-12-19(31)20(29-30(14)18-9-5-8-16(13-18)24(25,26)27)23(33)34-21(15-6-3-2-4-7-15)22(32)28-17-10-11-17/h2-9,12-13,17,21H,10-11H2,1H3,(H,28,32). The third-order valence-electron chi connectivity index (χ3n) is 5.21. The molecule has 0 radical (unpaired) electrons. The number of carbonyl (C=O) groups is 2. The second kappa shape index (κ2) is 9.12. The molecule has 34 heavy (non-hydrogen) atoms. The van der Waals surface area contributed by atoms with Crippen LogP contribution in [0.2, 0.25) is 0 Å². The van der Waals surface area contributed by atoms with E-state index >= 15 is 0 Å². The Bertz CT molecular complexity index is 1280. The average Bonchev–Trinajstić information content (AvgIpc) is 3.61. The smallest absolute Gasteiger partial charge is 0.416 e. The van der Waals surface area contributed by atoms with E-state index < -0.39 is 40.8 Å². The number of carbonyl (C=O) groups excluding carboxylic acids is 2. The number of benzene rings is 2. The summed E-state index contributed by atoms with van der Waals surface area (Å²) in [6.07, 6.45) is -4.26.